The summed E-state index contributed by atoms with van der Waals surface area (Å²) in [5.41, 5.74) is -0.673. The molecule has 128 valence electrons. The summed E-state index contributed by atoms with van der Waals surface area (Å²) in [5, 5.41) is 5.18. The Balaban J connectivity index is 2.41. The summed E-state index contributed by atoms with van der Waals surface area (Å²) in [6.07, 6.45) is -4.43. The predicted molar refractivity (Wildman–Crippen MR) is 80.1 cm³/mol. The largest absolute Gasteiger partial charge is 0.416 e. The molecule has 0 fully saturated rings. The lowest BCUT2D eigenvalue weighted by Gasteiger charge is -2.19. The Morgan fingerprint density at radius 3 is 2.00 bits per heavy atom. The molecule has 1 aromatic rings. The second-order valence-electron chi connectivity index (χ2n) is 4.74. The zero-order valence-electron chi connectivity index (χ0n) is 13.0. The van der Waals surface area contributed by atoms with E-state index < -0.39 is 17.6 Å². The van der Waals surface area contributed by atoms with Crippen LogP contribution in [0.25, 0.3) is 0 Å². The van der Waals surface area contributed by atoms with E-state index in [0.717, 1.165) is 24.3 Å². The van der Waals surface area contributed by atoms with E-state index in [-0.39, 0.29) is 24.7 Å². The second-order valence-corrected chi connectivity index (χ2v) is 4.74. The van der Waals surface area contributed by atoms with Gasteiger partial charge in [0.1, 0.15) is 0 Å². The molecule has 0 radical (unpaired) electrons. The molecule has 0 saturated carbocycles. The summed E-state index contributed by atoms with van der Waals surface area (Å²) in [6, 6.07) is 3.73. The molecule has 0 aromatic heterocycles. The third kappa shape index (κ3) is 5.80. The van der Waals surface area contributed by atoms with E-state index in [2.05, 4.69) is 10.6 Å². The molecule has 0 aliphatic carbocycles. The van der Waals surface area contributed by atoms with Gasteiger partial charge in [-0.15, -0.1) is 0 Å². The summed E-state index contributed by atoms with van der Waals surface area (Å²) in [5.74, 6) is -0.490. The lowest BCUT2D eigenvalue weighted by molar-refractivity contribution is -0.137. The Bertz CT molecular complexity index is 526. The number of alkyl halides is 3. The van der Waals surface area contributed by atoms with E-state index >= 15 is 0 Å². The molecule has 0 atom stereocenters. The zero-order valence-corrected chi connectivity index (χ0v) is 13.0. The van der Waals surface area contributed by atoms with Crippen LogP contribution in [0.5, 0.6) is 0 Å². The van der Waals surface area contributed by atoms with Crippen LogP contribution in [0.4, 0.5) is 18.0 Å². The summed E-state index contributed by atoms with van der Waals surface area (Å²) in [6.45, 7) is 5.31. The fraction of sp³-hybridized carbons (Fsp3) is 0.467. The van der Waals surface area contributed by atoms with Crippen molar-refractivity contribution in [3.8, 4) is 0 Å². The van der Waals surface area contributed by atoms with Gasteiger partial charge in [0.2, 0.25) is 0 Å². The van der Waals surface area contributed by atoms with Crippen LogP contribution in [0.15, 0.2) is 24.3 Å². The van der Waals surface area contributed by atoms with Crippen LogP contribution in [0.3, 0.4) is 0 Å². The van der Waals surface area contributed by atoms with Crippen molar-refractivity contribution in [1.82, 2.24) is 15.5 Å². The van der Waals surface area contributed by atoms with Crippen LogP contribution in [0.2, 0.25) is 0 Å². The number of benzene rings is 1. The molecule has 0 aliphatic heterocycles. The van der Waals surface area contributed by atoms with Crippen molar-refractivity contribution in [2.75, 3.05) is 26.2 Å². The van der Waals surface area contributed by atoms with Gasteiger partial charge in [-0.2, -0.15) is 13.2 Å². The first-order valence-electron chi connectivity index (χ1n) is 7.27. The maximum Gasteiger partial charge on any atom is 0.416 e. The molecule has 1 rings (SSSR count). The molecule has 0 saturated heterocycles. The number of rotatable bonds is 6. The molecule has 1 aromatic carbocycles. The van der Waals surface area contributed by atoms with Gasteiger partial charge in [-0.25, -0.2) is 4.79 Å². The van der Waals surface area contributed by atoms with Crippen molar-refractivity contribution < 1.29 is 22.8 Å². The number of carbonyl (C=O) groups is 2. The second kappa shape index (κ2) is 8.40. The highest BCUT2D eigenvalue weighted by Crippen LogP contribution is 2.28. The molecule has 2 N–H and O–H groups in total. The Morgan fingerprint density at radius 1 is 1.00 bits per heavy atom. The van der Waals surface area contributed by atoms with Crippen molar-refractivity contribution >= 4 is 11.9 Å². The normalized spacial score (nSPS) is 11.0. The average Bonchev–Trinajstić information content (AvgIpc) is 2.52. The van der Waals surface area contributed by atoms with Gasteiger partial charge in [0, 0.05) is 31.7 Å². The van der Waals surface area contributed by atoms with Gasteiger partial charge >= 0.3 is 12.2 Å². The number of nitrogens with one attached hydrogen (secondary N) is 2. The zero-order chi connectivity index (χ0) is 17.5. The Hall–Kier alpha value is -2.25. The maximum absolute atomic E-state index is 12.4. The maximum atomic E-state index is 12.4. The van der Waals surface area contributed by atoms with Crippen LogP contribution in [0, 0.1) is 0 Å². The average molecular weight is 331 g/mol. The molecule has 0 unspecified atom stereocenters. The molecule has 0 bridgehead atoms. The first-order chi connectivity index (χ1) is 10.8. The van der Waals surface area contributed by atoms with E-state index in [1.165, 1.54) is 0 Å². The van der Waals surface area contributed by atoms with E-state index in [1.54, 1.807) is 4.90 Å². The molecule has 0 spiro atoms. The predicted octanol–water partition coefficient (Wildman–Crippen LogP) is 2.49. The van der Waals surface area contributed by atoms with Crippen molar-refractivity contribution in [3.05, 3.63) is 35.4 Å². The van der Waals surface area contributed by atoms with Crippen LogP contribution < -0.4 is 10.6 Å². The van der Waals surface area contributed by atoms with E-state index in [4.69, 9.17) is 0 Å². The van der Waals surface area contributed by atoms with Crippen molar-refractivity contribution in [1.29, 1.82) is 0 Å². The number of urea groups is 1. The standard InChI is InChI=1S/C15H20F3N3O2/c1-3-21(4-2)14(23)20-10-9-19-13(22)11-5-7-12(8-6-11)15(16,17)18/h5-8H,3-4,9-10H2,1-2H3,(H,19,22)(H,20,23). The van der Waals surface area contributed by atoms with Gasteiger partial charge < -0.3 is 15.5 Å². The molecular formula is C15H20F3N3O2. The van der Waals surface area contributed by atoms with Gasteiger partial charge in [0.05, 0.1) is 5.56 Å². The lowest BCUT2D eigenvalue weighted by Crippen LogP contribution is -2.42. The van der Waals surface area contributed by atoms with E-state index in [9.17, 15) is 22.8 Å². The fourth-order valence-corrected chi connectivity index (χ4v) is 1.88. The Kier molecular flexibility index (Phi) is 6.87. The third-order valence-electron chi connectivity index (χ3n) is 3.21. The first kappa shape index (κ1) is 18.8. The van der Waals surface area contributed by atoms with Crippen LogP contribution in [-0.2, 0) is 6.18 Å². The van der Waals surface area contributed by atoms with Gasteiger partial charge in [0.15, 0.2) is 0 Å². The number of halogens is 3. The minimum atomic E-state index is -4.43. The van der Waals surface area contributed by atoms with Crippen molar-refractivity contribution in [2.24, 2.45) is 0 Å². The minimum Gasteiger partial charge on any atom is -0.350 e. The summed E-state index contributed by atoms with van der Waals surface area (Å²) in [4.78, 5) is 25.0. The summed E-state index contributed by atoms with van der Waals surface area (Å²) in [7, 11) is 0. The quantitative estimate of drug-likeness (QED) is 0.787. The molecule has 5 nitrogen and oxygen atoms in total. The molecule has 3 amide bonds. The highest BCUT2D eigenvalue weighted by atomic mass is 19.4. The van der Waals surface area contributed by atoms with Gasteiger partial charge in [0.25, 0.3) is 5.91 Å². The summed E-state index contributed by atoms with van der Waals surface area (Å²) < 4.78 is 37.3. The number of carbonyl (C=O) groups excluding carboxylic acids is 2. The van der Waals surface area contributed by atoms with E-state index in [0.29, 0.717) is 13.1 Å². The van der Waals surface area contributed by atoms with Crippen LogP contribution >= 0.6 is 0 Å². The lowest BCUT2D eigenvalue weighted by atomic mass is 10.1. The van der Waals surface area contributed by atoms with Gasteiger partial charge in [-0.05, 0) is 38.1 Å². The smallest absolute Gasteiger partial charge is 0.350 e. The number of amides is 3. The molecule has 0 heterocycles. The van der Waals surface area contributed by atoms with Crippen LogP contribution in [0.1, 0.15) is 29.8 Å². The minimum absolute atomic E-state index is 0.132. The van der Waals surface area contributed by atoms with Gasteiger partial charge in [-0.3, -0.25) is 4.79 Å². The molecule has 8 heteroatoms. The molecule has 23 heavy (non-hydrogen) atoms. The van der Waals surface area contributed by atoms with Crippen molar-refractivity contribution in [2.45, 2.75) is 20.0 Å². The molecule has 0 aliphatic rings. The summed E-state index contributed by atoms with van der Waals surface area (Å²) >= 11 is 0. The SMILES string of the molecule is CCN(CC)C(=O)NCCNC(=O)c1ccc(C(F)(F)F)cc1. The molecular weight excluding hydrogens is 311 g/mol. The van der Waals surface area contributed by atoms with Gasteiger partial charge in [-0.1, -0.05) is 0 Å². The van der Waals surface area contributed by atoms with Crippen molar-refractivity contribution in [3.63, 3.8) is 0 Å². The number of hydrogen-bond acceptors (Lipinski definition) is 2. The Morgan fingerprint density at radius 2 is 1.52 bits per heavy atom. The monoisotopic (exact) mass is 331 g/mol. The van der Waals surface area contributed by atoms with E-state index in [1.807, 2.05) is 13.8 Å². The highest BCUT2D eigenvalue weighted by molar-refractivity contribution is 5.94. The third-order valence-corrected chi connectivity index (χ3v) is 3.21. The Labute approximate surface area is 132 Å². The first-order valence-corrected chi connectivity index (χ1v) is 7.27. The number of nitrogens with zero attached hydrogens (tertiary/aromatic N) is 1. The topological polar surface area (TPSA) is 61.4 Å². The fourth-order valence-electron chi connectivity index (χ4n) is 1.88. The highest BCUT2D eigenvalue weighted by Gasteiger charge is 2.30. The van der Waals surface area contributed by atoms with Crippen LogP contribution in [-0.4, -0.2) is 43.0 Å². The number of hydrogen-bond donors (Lipinski definition) is 2.